The molecule has 0 aliphatic heterocycles. The Morgan fingerprint density at radius 2 is 1.86 bits per heavy atom. The molecule has 156 valence electrons. The lowest BCUT2D eigenvalue weighted by atomic mass is 10.2. The van der Waals surface area contributed by atoms with Gasteiger partial charge in [-0.15, -0.1) is 0 Å². The van der Waals surface area contributed by atoms with Gasteiger partial charge in [0.05, 0.1) is 28.7 Å². The van der Waals surface area contributed by atoms with Gasteiger partial charge in [0.2, 0.25) is 10.0 Å². The molecule has 0 fully saturated rings. The maximum Gasteiger partial charge on any atom is 0.416 e. The number of nitrogens with zero attached hydrogens (tertiary/aromatic N) is 2. The van der Waals surface area contributed by atoms with Crippen LogP contribution in [-0.2, 0) is 21.0 Å². The van der Waals surface area contributed by atoms with Gasteiger partial charge in [0.1, 0.15) is 6.54 Å². The molecule has 0 aromatic heterocycles. The zero-order chi connectivity index (χ0) is 21.8. The van der Waals surface area contributed by atoms with Crippen molar-refractivity contribution < 1.29 is 26.4 Å². The number of hydrogen-bond donors (Lipinski definition) is 1. The summed E-state index contributed by atoms with van der Waals surface area (Å²) in [6, 6.07) is 9.14. The van der Waals surface area contributed by atoms with Crippen LogP contribution >= 0.6 is 27.5 Å². The summed E-state index contributed by atoms with van der Waals surface area (Å²) >= 11 is 9.16. The van der Waals surface area contributed by atoms with Gasteiger partial charge >= 0.3 is 6.18 Å². The van der Waals surface area contributed by atoms with Gasteiger partial charge in [-0.25, -0.2) is 13.8 Å². The zero-order valence-electron chi connectivity index (χ0n) is 14.7. The van der Waals surface area contributed by atoms with Gasteiger partial charge in [0.15, 0.2) is 0 Å². The topological polar surface area (TPSA) is 78.8 Å². The summed E-state index contributed by atoms with van der Waals surface area (Å²) in [7, 11) is -4.12. The maximum absolute atomic E-state index is 13.0. The summed E-state index contributed by atoms with van der Waals surface area (Å²) < 4.78 is 64.4. The van der Waals surface area contributed by atoms with Crippen LogP contribution in [0.2, 0.25) is 5.02 Å². The van der Waals surface area contributed by atoms with Crippen LogP contribution in [0.1, 0.15) is 11.1 Å². The molecule has 0 aliphatic carbocycles. The molecular weight excluding hydrogens is 499 g/mol. The number of hydrazone groups is 1. The third-order valence-electron chi connectivity index (χ3n) is 3.50. The minimum Gasteiger partial charge on any atom is -0.271 e. The summed E-state index contributed by atoms with van der Waals surface area (Å²) in [6.45, 7) is -0.808. The molecule has 0 atom stereocenters. The number of anilines is 1. The molecule has 29 heavy (non-hydrogen) atoms. The highest BCUT2D eigenvalue weighted by molar-refractivity contribution is 9.10. The number of nitrogens with one attached hydrogen (secondary N) is 1. The minimum atomic E-state index is -4.71. The first-order valence-corrected chi connectivity index (χ1v) is 10.8. The Bertz CT molecular complexity index is 1030. The smallest absolute Gasteiger partial charge is 0.271 e. The van der Waals surface area contributed by atoms with Crippen molar-refractivity contribution >= 4 is 55.4 Å². The Labute approximate surface area is 178 Å². The van der Waals surface area contributed by atoms with E-state index in [-0.39, 0.29) is 5.02 Å². The second-order valence-electron chi connectivity index (χ2n) is 5.78. The van der Waals surface area contributed by atoms with E-state index in [0.29, 0.717) is 15.9 Å². The molecule has 6 nitrogen and oxygen atoms in total. The second-order valence-corrected chi connectivity index (χ2v) is 9.01. The zero-order valence-corrected chi connectivity index (χ0v) is 17.9. The molecule has 0 radical (unpaired) electrons. The summed E-state index contributed by atoms with van der Waals surface area (Å²) in [5, 5.41) is 3.45. The Kier molecular flexibility index (Phi) is 7.30. The largest absolute Gasteiger partial charge is 0.416 e. The number of carbonyl (C=O) groups is 1. The van der Waals surface area contributed by atoms with E-state index >= 15 is 0 Å². The van der Waals surface area contributed by atoms with E-state index in [1.54, 1.807) is 24.3 Å². The van der Waals surface area contributed by atoms with E-state index < -0.39 is 39.9 Å². The van der Waals surface area contributed by atoms with Crippen molar-refractivity contribution in [2.75, 3.05) is 17.1 Å². The lowest BCUT2D eigenvalue weighted by Crippen LogP contribution is -2.39. The average molecular weight is 513 g/mol. The molecular formula is C17H14BrClF3N3O3S. The van der Waals surface area contributed by atoms with Gasteiger partial charge in [-0.05, 0) is 35.9 Å². The number of sulfonamides is 1. The fourth-order valence-electron chi connectivity index (χ4n) is 2.15. The van der Waals surface area contributed by atoms with Crippen molar-refractivity contribution in [3.05, 3.63) is 63.1 Å². The molecule has 0 unspecified atom stereocenters. The number of amides is 1. The van der Waals surface area contributed by atoms with Gasteiger partial charge in [-0.2, -0.15) is 18.3 Å². The highest BCUT2D eigenvalue weighted by atomic mass is 79.9. The van der Waals surface area contributed by atoms with Crippen molar-refractivity contribution in [2.24, 2.45) is 5.10 Å². The van der Waals surface area contributed by atoms with Gasteiger partial charge in [-0.3, -0.25) is 9.10 Å². The highest BCUT2D eigenvalue weighted by Crippen LogP contribution is 2.36. The number of rotatable bonds is 6. The minimum absolute atomic E-state index is 0.255. The molecule has 0 saturated heterocycles. The fraction of sp³-hybridized carbons (Fsp3) is 0.176. The molecule has 1 N–H and O–H groups in total. The Morgan fingerprint density at radius 1 is 1.24 bits per heavy atom. The van der Waals surface area contributed by atoms with E-state index in [1.807, 2.05) is 0 Å². The van der Waals surface area contributed by atoms with Crippen LogP contribution in [0.3, 0.4) is 0 Å². The number of carbonyl (C=O) groups excluding carboxylic acids is 1. The van der Waals surface area contributed by atoms with Crippen LogP contribution < -0.4 is 9.73 Å². The first-order valence-electron chi connectivity index (χ1n) is 7.80. The maximum atomic E-state index is 13.0. The van der Waals surface area contributed by atoms with E-state index in [1.165, 1.54) is 6.21 Å². The lowest BCUT2D eigenvalue weighted by molar-refractivity contribution is -0.137. The van der Waals surface area contributed by atoms with E-state index in [2.05, 4.69) is 26.5 Å². The van der Waals surface area contributed by atoms with Crippen LogP contribution in [0.25, 0.3) is 0 Å². The molecule has 0 bridgehead atoms. The average Bonchev–Trinajstić information content (AvgIpc) is 2.60. The predicted molar refractivity (Wildman–Crippen MR) is 109 cm³/mol. The van der Waals surface area contributed by atoms with Crippen LogP contribution in [0.15, 0.2) is 52.0 Å². The normalized spacial score (nSPS) is 12.2. The summed E-state index contributed by atoms with van der Waals surface area (Å²) in [4.78, 5) is 12.1. The third-order valence-corrected chi connectivity index (χ3v) is 5.48. The molecule has 12 heteroatoms. The molecule has 0 spiro atoms. The first kappa shape index (κ1) is 23.2. The molecule has 1 amide bonds. The predicted octanol–water partition coefficient (Wildman–Crippen LogP) is 4.04. The van der Waals surface area contributed by atoms with Crippen LogP contribution in [0, 0.1) is 0 Å². The molecule has 0 heterocycles. The standard InChI is InChI=1S/C17H14BrClF3N3O3S/c1-29(27,28)25(15-8-12(17(20,21)22)4-7-14(15)19)10-16(26)24-23-9-11-2-5-13(18)6-3-11/h2-9H,10H2,1H3,(H,24,26)/b23-9+. The van der Waals surface area contributed by atoms with Gasteiger partial charge in [0, 0.05) is 4.47 Å². The van der Waals surface area contributed by atoms with Crippen molar-refractivity contribution in [3.8, 4) is 0 Å². The summed E-state index contributed by atoms with van der Waals surface area (Å²) in [5.74, 6) is -0.864. The van der Waals surface area contributed by atoms with E-state index in [9.17, 15) is 26.4 Å². The van der Waals surface area contributed by atoms with Crippen LogP contribution in [0.5, 0.6) is 0 Å². The Hall–Kier alpha value is -2.11. The molecule has 0 saturated carbocycles. The fourth-order valence-corrected chi connectivity index (χ4v) is 3.55. The summed E-state index contributed by atoms with van der Waals surface area (Å²) in [6.07, 6.45) is -2.63. The lowest BCUT2D eigenvalue weighted by Gasteiger charge is -2.23. The molecule has 2 aromatic rings. The van der Waals surface area contributed by atoms with Gasteiger partial charge in [0.25, 0.3) is 5.91 Å². The van der Waals surface area contributed by atoms with Crippen molar-refractivity contribution in [1.82, 2.24) is 5.43 Å². The van der Waals surface area contributed by atoms with Crippen LogP contribution in [0.4, 0.5) is 18.9 Å². The molecule has 0 aliphatic rings. The Morgan fingerprint density at radius 3 is 2.41 bits per heavy atom. The third kappa shape index (κ3) is 6.72. The quantitative estimate of drug-likeness (QED) is 0.469. The monoisotopic (exact) mass is 511 g/mol. The number of hydrogen-bond acceptors (Lipinski definition) is 4. The number of alkyl halides is 3. The second kappa shape index (κ2) is 9.14. The van der Waals surface area contributed by atoms with Crippen molar-refractivity contribution in [1.29, 1.82) is 0 Å². The summed E-state index contributed by atoms with van der Waals surface area (Å²) in [5.41, 5.74) is 1.23. The molecule has 2 rings (SSSR count). The van der Waals surface area contributed by atoms with Crippen molar-refractivity contribution in [2.45, 2.75) is 6.18 Å². The number of halogens is 5. The van der Waals surface area contributed by atoms with E-state index in [4.69, 9.17) is 11.6 Å². The van der Waals surface area contributed by atoms with Crippen molar-refractivity contribution in [3.63, 3.8) is 0 Å². The molecule has 2 aromatic carbocycles. The number of benzene rings is 2. The SMILES string of the molecule is CS(=O)(=O)N(CC(=O)N/N=C/c1ccc(Br)cc1)c1cc(C(F)(F)F)ccc1Cl. The Balaban J connectivity index is 2.22. The van der Waals surface area contributed by atoms with Gasteiger partial charge < -0.3 is 0 Å². The highest BCUT2D eigenvalue weighted by Gasteiger charge is 2.33. The first-order chi connectivity index (χ1) is 13.4. The van der Waals surface area contributed by atoms with Gasteiger partial charge in [-0.1, -0.05) is 39.7 Å². The van der Waals surface area contributed by atoms with E-state index in [0.717, 1.165) is 22.9 Å². The van der Waals surface area contributed by atoms with Crippen LogP contribution in [-0.4, -0.2) is 33.3 Å².